The molecule has 0 radical (unpaired) electrons. The Labute approximate surface area is 123 Å². The molecule has 21 heavy (non-hydrogen) atoms. The van der Waals surface area contributed by atoms with Crippen LogP contribution in [0.2, 0.25) is 0 Å². The number of anilines is 1. The molecule has 0 amide bonds. The van der Waals surface area contributed by atoms with Crippen LogP contribution in [0.4, 0.5) is 5.82 Å². The summed E-state index contributed by atoms with van der Waals surface area (Å²) >= 11 is 0. The normalized spacial score (nSPS) is 24.7. The fourth-order valence-electron chi connectivity index (χ4n) is 3.40. The van der Waals surface area contributed by atoms with E-state index in [-0.39, 0.29) is 0 Å². The average molecular weight is 285 g/mol. The number of piperazine rings is 1. The predicted molar refractivity (Wildman–Crippen MR) is 79.3 cm³/mol. The number of aromatic nitrogens is 3. The number of fused-ring (bicyclic) bond motifs is 2. The molecule has 0 spiro atoms. The van der Waals surface area contributed by atoms with Gasteiger partial charge in [-0.2, -0.15) is 5.10 Å². The molecule has 2 bridgehead atoms. The van der Waals surface area contributed by atoms with Gasteiger partial charge in [0.2, 0.25) is 5.88 Å². The molecule has 0 saturated carbocycles. The van der Waals surface area contributed by atoms with E-state index in [4.69, 9.17) is 4.74 Å². The summed E-state index contributed by atoms with van der Waals surface area (Å²) in [5.41, 5.74) is 1.25. The Bertz CT molecular complexity index is 585. The fourth-order valence-corrected chi connectivity index (χ4v) is 3.40. The monoisotopic (exact) mass is 285 g/mol. The molecule has 0 aromatic carbocycles. The molecule has 1 N–H and O–H groups in total. The van der Waals surface area contributed by atoms with E-state index in [1.807, 2.05) is 24.5 Å². The van der Waals surface area contributed by atoms with E-state index >= 15 is 0 Å². The zero-order chi connectivity index (χ0) is 14.2. The van der Waals surface area contributed by atoms with E-state index in [2.05, 4.69) is 31.0 Å². The van der Waals surface area contributed by atoms with Gasteiger partial charge >= 0.3 is 0 Å². The summed E-state index contributed by atoms with van der Waals surface area (Å²) in [5, 5.41) is 7.17. The summed E-state index contributed by atoms with van der Waals surface area (Å²) in [6, 6.07) is 7.33. The minimum atomic E-state index is 0.627. The lowest BCUT2D eigenvalue weighted by Crippen LogP contribution is -2.68. The lowest BCUT2D eigenvalue weighted by atomic mass is 9.87. The number of ether oxygens (including phenoxy) is 1. The van der Waals surface area contributed by atoms with Crippen molar-refractivity contribution >= 4 is 5.82 Å². The lowest BCUT2D eigenvalue weighted by molar-refractivity contribution is -0.00877. The van der Waals surface area contributed by atoms with Crippen LogP contribution in [0.25, 0.3) is 0 Å². The standard InChI is InChI=1S/C15H19N5O/c1-21-15-3-2-11(7-16-15)8-20-12-6-13(20)10-19(9-12)14-4-5-17-18-14/h2-5,7,12-13H,6,8-10H2,1H3,(H,17,18). The molecule has 2 unspecified atom stereocenters. The Morgan fingerprint density at radius 1 is 1.29 bits per heavy atom. The smallest absolute Gasteiger partial charge is 0.212 e. The molecule has 5 rings (SSSR count). The minimum Gasteiger partial charge on any atom is -0.481 e. The Morgan fingerprint density at radius 3 is 2.76 bits per heavy atom. The molecule has 3 fully saturated rings. The molecule has 6 heteroatoms. The molecule has 2 aromatic heterocycles. The van der Waals surface area contributed by atoms with Crippen LogP contribution in [0, 0.1) is 0 Å². The molecule has 3 aliphatic heterocycles. The number of pyridine rings is 1. The molecule has 3 aliphatic rings. The fraction of sp³-hybridized carbons (Fsp3) is 0.467. The Balaban J connectivity index is 1.40. The second-order valence-electron chi connectivity index (χ2n) is 5.76. The van der Waals surface area contributed by atoms with Crippen molar-refractivity contribution in [3.8, 4) is 5.88 Å². The third-order valence-corrected chi connectivity index (χ3v) is 4.53. The minimum absolute atomic E-state index is 0.627. The van der Waals surface area contributed by atoms with Crippen molar-refractivity contribution in [2.75, 3.05) is 25.1 Å². The van der Waals surface area contributed by atoms with E-state index < -0.39 is 0 Å². The van der Waals surface area contributed by atoms with Crippen LogP contribution in [0.1, 0.15) is 12.0 Å². The number of piperidine rings is 1. The molecule has 6 nitrogen and oxygen atoms in total. The van der Waals surface area contributed by atoms with Gasteiger partial charge in [-0.05, 0) is 12.0 Å². The van der Waals surface area contributed by atoms with Crippen LogP contribution in [0.3, 0.4) is 0 Å². The van der Waals surface area contributed by atoms with Gasteiger partial charge in [0.1, 0.15) is 5.82 Å². The molecule has 0 aliphatic carbocycles. The zero-order valence-corrected chi connectivity index (χ0v) is 12.1. The number of hydrogen-bond acceptors (Lipinski definition) is 5. The van der Waals surface area contributed by atoms with Crippen molar-refractivity contribution in [3.05, 3.63) is 36.2 Å². The van der Waals surface area contributed by atoms with Crippen molar-refractivity contribution in [2.24, 2.45) is 0 Å². The number of nitrogens with zero attached hydrogens (tertiary/aromatic N) is 4. The van der Waals surface area contributed by atoms with E-state index in [1.54, 1.807) is 7.11 Å². The van der Waals surface area contributed by atoms with Crippen molar-refractivity contribution < 1.29 is 4.74 Å². The predicted octanol–water partition coefficient (Wildman–Crippen LogP) is 1.28. The number of methoxy groups -OCH3 is 1. The van der Waals surface area contributed by atoms with Crippen molar-refractivity contribution in [2.45, 2.75) is 25.0 Å². The SMILES string of the molecule is COc1ccc(CN2C3CC2CN(c2cc[nH]n2)C3)cn1. The van der Waals surface area contributed by atoms with Crippen LogP contribution in [-0.4, -0.2) is 52.4 Å². The van der Waals surface area contributed by atoms with Crippen LogP contribution in [0.15, 0.2) is 30.6 Å². The summed E-state index contributed by atoms with van der Waals surface area (Å²) in [6.07, 6.45) is 5.10. The molecule has 2 aromatic rings. The highest BCUT2D eigenvalue weighted by Gasteiger charge is 2.44. The summed E-state index contributed by atoms with van der Waals surface area (Å²) in [4.78, 5) is 9.23. The van der Waals surface area contributed by atoms with Gasteiger partial charge < -0.3 is 9.64 Å². The number of H-pyrrole nitrogens is 1. The van der Waals surface area contributed by atoms with Crippen molar-refractivity contribution in [1.82, 2.24) is 20.1 Å². The van der Waals surface area contributed by atoms with Gasteiger partial charge in [-0.25, -0.2) is 4.98 Å². The quantitative estimate of drug-likeness (QED) is 0.917. The average Bonchev–Trinajstić information content (AvgIpc) is 3.08. The van der Waals surface area contributed by atoms with E-state index in [9.17, 15) is 0 Å². The first-order valence-electron chi connectivity index (χ1n) is 7.33. The van der Waals surface area contributed by atoms with Crippen molar-refractivity contribution in [1.29, 1.82) is 0 Å². The van der Waals surface area contributed by atoms with Gasteiger partial charge in [-0.1, -0.05) is 6.07 Å². The number of aromatic amines is 1. The van der Waals surface area contributed by atoms with Gasteiger partial charge in [-0.3, -0.25) is 10.00 Å². The summed E-state index contributed by atoms with van der Waals surface area (Å²) < 4.78 is 5.10. The number of hydrogen-bond donors (Lipinski definition) is 1. The van der Waals surface area contributed by atoms with Crippen LogP contribution < -0.4 is 9.64 Å². The largest absolute Gasteiger partial charge is 0.481 e. The van der Waals surface area contributed by atoms with E-state index in [0.29, 0.717) is 18.0 Å². The van der Waals surface area contributed by atoms with Crippen LogP contribution >= 0.6 is 0 Å². The molecule has 2 atom stereocenters. The summed E-state index contributed by atoms with van der Waals surface area (Å²) in [6.45, 7) is 3.09. The van der Waals surface area contributed by atoms with Gasteiger partial charge in [-0.15, -0.1) is 0 Å². The van der Waals surface area contributed by atoms with Gasteiger partial charge in [0.05, 0.1) is 7.11 Å². The summed E-state index contributed by atoms with van der Waals surface area (Å²) in [7, 11) is 1.64. The summed E-state index contributed by atoms with van der Waals surface area (Å²) in [5.74, 6) is 1.74. The lowest BCUT2D eigenvalue weighted by Gasteiger charge is -2.56. The van der Waals surface area contributed by atoms with Crippen LogP contribution in [-0.2, 0) is 6.54 Å². The topological polar surface area (TPSA) is 57.3 Å². The molecular weight excluding hydrogens is 266 g/mol. The maximum Gasteiger partial charge on any atom is 0.212 e. The number of nitrogens with one attached hydrogen (secondary N) is 1. The van der Waals surface area contributed by atoms with Gasteiger partial charge in [0.25, 0.3) is 0 Å². The Hall–Kier alpha value is -2.08. The van der Waals surface area contributed by atoms with Crippen molar-refractivity contribution in [3.63, 3.8) is 0 Å². The first-order valence-corrected chi connectivity index (χ1v) is 7.33. The van der Waals surface area contributed by atoms with Gasteiger partial charge in [0.15, 0.2) is 0 Å². The van der Waals surface area contributed by atoms with Crippen LogP contribution in [0.5, 0.6) is 5.88 Å². The third kappa shape index (κ3) is 2.25. The zero-order valence-electron chi connectivity index (χ0n) is 12.1. The molecular formula is C15H19N5O. The highest BCUT2D eigenvalue weighted by Crippen LogP contribution is 2.35. The highest BCUT2D eigenvalue weighted by atomic mass is 16.5. The maximum absolute atomic E-state index is 5.10. The van der Waals surface area contributed by atoms with Gasteiger partial charge in [0, 0.05) is 56.2 Å². The highest BCUT2D eigenvalue weighted by molar-refractivity contribution is 5.39. The Kier molecular flexibility index (Phi) is 3.03. The molecule has 5 heterocycles. The second kappa shape index (κ2) is 5.04. The Morgan fingerprint density at radius 2 is 2.14 bits per heavy atom. The van der Waals surface area contributed by atoms with E-state index in [1.165, 1.54) is 12.0 Å². The third-order valence-electron chi connectivity index (χ3n) is 4.53. The first kappa shape index (κ1) is 12.6. The molecule has 110 valence electrons. The number of rotatable bonds is 4. The first-order chi connectivity index (χ1) is 10.3. The maximum atomic E-state index is 5.10. The second-order valence-corrected chi connectivity index (χ2v) is 5.76. The van der Waals surface area contributed by atoms with E-state index in [0.717, 1.165) is 25.5 Å². The molecule has 3 saturated heterocycles.